The monoisotopic (exact) mass is 389 g/mol. The molecule has 0 aliphatic heterocycles. The maximum absolute atomic E-state index is 12.1. The second-order valence-electron chi connectivity index (χ2n) is 4.70. The molecule has 4 nitrogen and oxygen atoms in total. The number of benzene rings is 1. The van der Waals surface area contributed by atoms with Gasteiger partial charge in [0.2, 0.25) is 10.0 Å². The van der Waals surface area contributed by atoms with Crippen molar-refractivity contribution in [3.05, 3.63) is 45.7 Å². The van der Waals surface area contributed by atoms with Crippen LogP contribution in [0.3, 0.4) is 0 Å². The summed E-state index contributed by atoms with van der Waals surface area (Å²) >= 11 is 4.45. The maximum atomic E-state index is 12.1. The van der Waals surface area contributed by atoms with Gasteiger partial charge < -0.3 is 4.74 Å². The summed E-state index contributed by atoms with van der Waals surface area (Å²) in [5.41, 5.74) is 0.854. The van der Waals surface area contributed by atoms with E-state index in [1.54, 1.807) is 12.1 Å². The minimum Gasteiger partial charge on any atom is -0.491 e. The molecule has 1 N–H and O–H groups in total. The molecule has 0 aliphatic carbocycles. The lowest BCUT2D eigenvalue weighted by Gasteiger charge is -2.11. The fraction of sp³-hybridized carbons (Fsp3) is 0.286. The summed E-state index contributed by atoms with van der Waals surface area (Å²) in [6, 6.07) is 10.7. The van der Waals surface area contributed by atoms with Gasteiger partial charge in [-0.05, 0) is 59.6 Å². The van der Waals surface area contributed by atoms with Gasteiger partial charge in [0.1, 0.15) is 9.96 Å². The average Bonchev–Trinajstić information content (AvgIpc) is 2.84. The number of ether oxygens (including phenoxy) is 1. The van der Waals surface area contributed by atoms with Gasteiger partial charge in [-0.25, -0.2) is 13.1 Å². The molecule has 0 saturated carbocycles. The van der Waals surface area contributed by atoms with E-state index < -0.39 is 10.0 Å². The fourth-order valence-corrected chi connectivity index (χ4v) is 4.76. The molecule has 0 radical (unpaired) electrons. The Labute approximate surface area is 137 Å². The van der Waals surface area contributed by atoms with Crippen LogP contribution >= 0.6 is 27.3 Å². The highest BCUT2D eigenvalue weighted by Crippen LogP contribution is 2.26. The molecule has 0 atom stereocenters. The number of thiophene rings is 1. The summed E-state index contributed by atoms with van der Waals surface area (Å²) in [7, 11) is -3.48. The molecule has 1 aromatic carbocycles. The van der Waals surface area contributed by atoms with Gasteiger partial charge in [0.25, 0.3) is 0 Å². The fourth-order valence-electron chi connectivity index (χ4n) is 1.69. The standard InChI is InChI=1S/C14H16BrNO3S2/c1-10(2)19-12-5-3-4-11(8-12)9-16-21(17,18)14-7-6-13(15)20-14/h3-8,10,16H,9H2,1-2H3. The third-order valence-electron chi connectivity index (χ3n) is 2.55. The van der Waals surface area contributed by atoms with Crippen LogP contribution in [0, 0.1) is 0 Å². The van der Waals surface area contributed by atoms with Crippen molar-refractivity contribution in [2.75, 3.05) is 0 Å². The lowest BCUT2D eigenvalue weighted by molar-refractivity contribution is 0.242. The SMILES string of the molecule is CC(C)Oc1cccc(CNS(=O)(=O)c2ccc(Br)s2)c1. The number of rotatable bonds is 6. The Bertz CT molecular complexity index is 711. The number of halogens is 1. The van der Waals surface area contributed by atoms with E-state index in [1.165, 1.54) is 11.3 Å². The first-order chi connectivity index (χ1) is 9.87. The van der Waals surface area contributed by atoms with Crippen LogP contribution in [0.1, 0.15) is 19.4 Å². The van der Waals surface area contributed by atoms with E-state index in [-0.39, 0.29) is 12.6 Å². The maximum Gasteiger partial charge on any atom is 0.250 e. The lowest BCUT2D eigenvalue weighted by Crippen LogP contribution is -2.22. The minimum atomic E-state index is -3.48. The van der Waals surface area contributed by atoms with Gasteiger partial charge in [0.15, 0.2) is 0 Å². The van der Waals surface area contributed by atoms with E-state index >= 15 is 0 Å². The van der Waals surface area contributed by atoms with Crippen molar-refractivity contribution in [1.29, 1.82) is 0 Å². The Hall–Kier alpha value is -0.890. The highest BCUT2D eigenvalue weighted by molar-refractivity contribution is 9.11. The summed E-state index contributed by atoms with van der Waals surface area (Å²) in [5, 5.41) is 0. The molecule has 2 rings (SSSR count). The van der Waals surface area contributed by atoms with Crippen LogP contribution in [0.25, 0.3) is 0 Å². The third-order valence-corrected chi connectivity index (χ3v) is 6.07. The predicted molar refractivity (Wildman–Crippen MR) is 88.3 cm³/mol. The summed E-state index contributed by atoms with van der Waals surface area (Å²) in [6.07, 6.45) is 0.0837. The van der Waals surface area contributed by atoms with E-state index in [9.17, 15) is 8.42 Å². The molecule has 0 fully saturated rings. The zero-order valence-corrected chi connectivity index (χ0v) is 14.9. The van der Waals surface area contributed by atoms with E-state index in [0.717, 1.165) is 15.1 Å². The first kappa shape index (κ1) is 16.5. The molecular formula is C14H16BrNO3S2. The van der Waals surface area contributed by atoms with Crippen LogP contribution in [0.5, 0.6) is 5.75 Å². The zero-order valence-electron chi connectivity index (χ0n) is 11.7. The van der Waals surface area contributed by atoms with E-state index in [1.807, 2.05) is 38.1 Å². The van der Waals surface area contributed by atoms with Gasteiger partial charge in [-0.1, -0.05) is 12.1 Å². The predicted octanol–water partition coefficient (Wildman–Crippen LogP) is 3.78. The van der Waals surface area contributed by atoms with Crippen molar-refractivity contribution in [3.63, 3.8) is 0 Å². The van der Waals surface area contributed by atoms with Gasteiger partial charge in [0.05, 0.1) is 9.89 Å². The van der Waals surface area contributed by atoms with Crippen LogP contribution in [-0.4, -0.2) is 14.5 Å². The Kier molecular flexibility index (Phi) is 5.43. The van der Waals surface area contributed by atoms with Gasteiger partial charge >= 0.3 is 0 Å². The van der Waals surface area contributed by atoms with Crippen LogP contribution in [0.2, 0.25) is 0 Å². The molecule has 0 unspecified atom stereocenters. The van der Waals surface area contributed by atoms with Gasteiger partial charge in [-0.2, -0.15) is 0 Å². The van der Waals surface area contributed by atoms with Crippen molar-refractivity contribution in [3.8, 4) is 5.75 Å². The van der Waals surface area contributed by atoms with Gasteiger partial charge in [-0.3, -0.25) is 0 Å². The molecule has 0 amide bonds. The smallest absolute Gasteiger partial charge is 0.250 e. The molecule has 114 valence electrons. The van der Waals surface area contributed by atoms with Crippen LogP contribution in [0.15, 0.2) is 44.4 Å². The Balaban J connectivity index is 2.06. The molecule has 0 bridgehead atoms. The van der Waals surface area contributed by atoms with E-state index in [2.05, 4.69) is 20.7 Å². The molecule has 2 aromatic rings. The summed E-state index contributed by atoms with van der Waals surface area (Å²) < 4.78 is 33.5. The molecule has 7 heteroatoms. The summed E-state index contributed by atoms with van der Waals surface area (Å²) in [6.45, 7) is 4.13. The van der Waals surface area contributed by atoms with Crippen LogP contribution < -0.4 is 9.46 Å². The quantitative estimate of drug-likeness (QED) is 0.817. The number of hydrogen-bond acceptors (Lipinski definition) is 4. The third kappa shape index (κ3) is 4.81. The molecule has 0 spiro atoms. The first-order valence-corrected chi connectivity index (χ1v) is 9.47. The highest BCUT2D eigenvalue weighted by atomic mass is 79.9. The minimum absolute atomic E-state index is 0.0837. The second kappa shape index (κ2) is 6.91. The number of sulfonamides is 1. The molecule has 0 saturated heterocycles. The van der Waals surface area contributed by atoms with E-state index in [4.69, 9.17) is 4.74 Å². The number of nitrogens with one attached hydrogen (secondary N) is 1. The Morgan fingerprint density at radius 2 is 2.05 bits per heavy atom. The summed E-state index contributed by atoms with van der Waals surface area (Å²) in [5.74, 6) is 0.737. The van der Waals surface area contributed by atoms with Crippen LogP contribution in [0.4, 0.5) is 0 Å². The van der Waals surface area contributed by atoms with Crippen molar-refractivity contribution in [2.45, 2.75) is 30.7 Å². The average molecular weight is 390 g/mol. The lowest BCUT2D eigenvalue weighted by atomic mass is 10.2. The molecule has 1 heterocycles. The molecule has 21 heavy (non-hydrogen) atoms. The van der Waals surface area contributed by atoms with Crippen molar-refractivity contribution in [2.24, 2.45) is 0 Å². The van der Waals surface area contributed by atoms with Crippen molar-refractivity contribution < 1.29 is 13.2 Å². The topological polar surface area (TPSA) is 55.4 Å². The van der Waals surface area contributed by atoms with Gasteiger partial charge in [-0.15, -0.1) is 11.3 Å². The Morgan fingerprint density at radius 3 is 2.67 bits per heavy atom. The molecular weight excluding hydrogens is 374 g/mol. The molecule has 1 aromatic heterocycles. The Morgan fingerprint density at radius 1 is 1.29 bits per heavy atom. The second-order valence-corrected chi connectivity index (χ2v) is 9.15. The van der Waals surface area contributed by atoms with Crippen molar-refractivity contribution in [1.82, 2.24) is 4.72 Å². The van der Waals surface area contributed by atoms with Crippen LogP contribution in [-0.2, 0) is 16.6 Å². The first-order valence-electron chi connectivity index (χ1n) is 6.37. The zero-order chi connectivity index (χ0) is 15.5. The normalized spacial score (nSPS) is 11.8. The number of hydrogen-bond donors (Lipinski definition) is 1. The largest absolute Gasteiger partial charge is 0.491 e. The highest BCUT2D eigenvalue weighted by Gasteiger charge is 2.16. The van der Waals surface area contributed by atoms with Crippen molar-refractivity contribution >= 4 is 37.3 Å². The molecule has 0 aliphatic rings. The van der Waals surface area contributed by atoms with Gasteiger partial charge in [0, 0.05) is 6.54 Å². The summed E-state index contributed by atoms with van der Waals surface area (Å²) in [4.78, 5) is 0. The van der Waals surface area contributed by atoms with E-state index in [0.29, 0.717) is 4.21 Å².